The average molecular weight is 327 g/mol. The van der Waals surface area contributed by atoms with Crippen LogP contribution in [0.4, 0.5) is 5.69 Å². The Kier molecular flexibility index (Phi) is 4.37. The van der Waals surface area contributed by atoms with Crippen LogP contribution in [0.1, 0.15) is 32.6 Å². The molecule has 24 heavy (non-hydrogen) atoms. The summed E-state index contributed by atoms with van der Waals surface area (Å²) in [6.45, 7) is 2.08. The second-order valence-electron chi connectivity index (χ2n) is 5.54. The van der Waals surface area contributed by atoms with E-state index in [4.69, 9.17) is 0 Å². The van der Waals surface area contributed by atoms with E-state index in [1.807, 2.05) is 0 Å². The molecule has 0 aliphatic heterocycles. The average Bonchev–Trinajstić information content (AvgIpc) is 2.53. The molecule has 8 heteroatoms. The molecule has 0 aliphatic carbocycles. The Morgan fingerprint density at radius 2 is 1.96 bits per heavy atom. The molecule has 1 aromatic carbocycles. The summed E-state index contributed by atoms with van der Waals surface area (Å²) >= 11 is 0. The molecule has 0 unspecified atom stereocenters. The van der Waals surface area contributed by atoms with Crippen LogP contribution < -0.4 is 16.6 Å². The van der Waals surface area contributed by atoms with Gasteiger partial charge in [-0.1, -0.05) is 19.8 Å². The van der Waals surface area contributed by atoms with Crippen LogP contribution in [0.2, 0.25) is 0 Å². The Bertz CT molecular complexity index is 1020. The fourth-order valence-corrected chi connectivity index (χ4v) is 2.44. The lowest BCUT2D eigenvalue weighted by Gasteiger charge is -2.06. The van der Waals surface area contributed by atoms with Crippen molar-refractivity contribution in [1.29, 1.82) is 0 Å². The minimum Gasteiger partial charge on any atom is -0.326 e. The summed E-state index contributed by atoms with van der Waals surface area (Å²) in [7, 11) is 0. The van der Waals surface area contributed by atoms with E-state index in [0.29, 0.717) is 23.1 Å². The molecule has 124 valence electrons. The maximum Gasteiger partial charge on any atom is 0.327 e. The topological polar surface area (TPSA) is 121 Å². The van der Waals surface area contributed by atoms with Crippen molar-refractivity contribution < 1.29 is 4.79 Å². The first kappa shape index (κ1) is 15.9. The molecule has 2 heterocycles. The molecule has 0 atom stereocenters. The monoisotopic (exact) mass is 327 g/mol. The molecule has 8 nitrogen and oxygen atoms in total. The summed E-state index contributed by atoms with van der Waals surface area (Å²) in [5.41, 5.74) is 0.545. The molecule has 3 aromatic rings. The minimum atomic E-state index is -0.637. The Labute approximate surface area is 136 Å². The second-order valence-corrected chi connectivity index (χ2v) is 5.54. The highest BCUT2D eigenvalue weighted by Crippen LogP contribution is 2.17. The zero-order valence-corrected chi connectivity index (χ0v) is 13.2. The lowest BCUT2D eigenvalue weighted by Crippen LogP contribution is -2.23. The predicted molar refractivity (Wildman–Crippen MR) is 91.1 cm³/mol. The molecular weight excluding hydrogens is 310 g/mol. The predicted octanol–water partition coefficient (Wildman–Crippen LogP) is 1.68. The van der Waals surface area contributed by atoms with Crippen LogP contribution in [0.15, 0.2) is 27.8 Å². The number of benzene rings is 1. The van der Waals surface area contributed by atoms with E-state index in [2.05, 4.69) is 32.2 Å². The fourth-order valence-electron chi connectivity index (χ4n) is 2.44. The zero-order valence-electron chi connectivity index (χ0n) is 13.2. The van der Waals surface area contributed by atoms with Gasteiger partial charge in [0, 0.05) is 12.1 Å². The van der Waals surface area contributed by atoms with Gasteiger partial charge in [-0.2, -0.15) is 0 Å². The van der Waals surface area contributed by atoms with Gasteiger partial charge in [0.25, 0.3) is 5.56 Å². The van der Waals surface area contributed by atoms with Gasteiger partial charge in [0.2, 0.25) is 5.91 Å². The van der Waals surface area contributed by atoms with Gasteiger partial charge < -0.3 is 5.32 Å². The van der Waals surface area contributed by atoms with Crippen molar-refractivity contribution >= 4 is 33.8 Å². The molecule has 3 N–H and O–H groups in total. The van der Waals surface area contributed by atoms with Gasteiger partial charge in [0.15, 0.2) is 11.2 Å². The molecule has 1 amide bonds. The first-order valence-corrected chi connectivity index (χ1v) is 7.81. The lowest BCUT2D eigenvalue weighted by atomic mass is 10.2. The number of fused-ring (bicyclic) bond motifs is 2. The van der Waals surface area contributed by atoms with E-state index in [9.17, 15) is 14.4 Å². The highest BCUT2D eigenvalue weighted by atomic mass is 16.2. The summed E-state index contributed by atoms with van der Waals surface area (Å²) in [6, 6.07) is 5.05. The van der Waals surface area contributed by atoms with E-state index in [1.54, 1.807) is 18.2 Å². The van der Waals surface area contributed by atoms with Crippen molar-refractivity contribution in [3.8, 4) is 0 Å². The molecule has 2 aromatic heterocycles. The summed E-state index contributed by atoms with van der Waals surface area (Å²) in [4.78, 5) is 48.0. The van der Waals surface area contributed by atoms with Crippen LogP contribution in [0, 0.1) is 0 Å². The van der Waals surface area contributed by atoms with Crippen molar-refractivity contribution in [2.45, 2.75) is 32.6 Å². The maximum atomic E-state index is 11.9. The first-order valence-electron chi connectivity index (χ1n) is 7.81. The van der Waals surface area contributed by atoms with Crippen molar-refractivity contribution in [2.24, 2.45) is 0 Å². The van der Waals surface area contributed by atoms with Crippen molar-refractivity contribution in [3.63, 3.8) is 0 Å². The molecule has 0 bridgehead atoms. The molecule has 0 saturated carbocycles. The number of amides is 1. The van der Waals surface area contributed by atoms with Crippen molar-refractivity contribution in [2.75, 3.05) is 5.32 Å². The largest absolute Gasteiger partial charge is 0.327 e. The van der Waals surface area contributed by atoms with Crippen LogP contribution in [0.5, 0.6) is 0 Å². The Balaban J connectivity index is 1.93. The van der Waals surface area contributed by atoms with E-state index in [1.165, 1.54) is 0 Å². The van der Waals surface area contributed by atoms with Gasteiger partial charge in [-0.05, 0) is 24.6 Å². The van der Waals surface area contributed by atoms with Crippen LogP contribution in [-0.2, 0) is 4.79 Å². The number of rotatable bonds is 5. The van der Waals surface area contributed by atoms with Crippen LogP contribution in [0.3, 0.4) is 0 Å². The SMILES string of the molecule is CCCCCC(=O)Nc1ccc2nc3c(=O)[nH]c(=O)[nH]c3nc2c1. The molecule has 0 saturated heterocycles. The lowest BCUT2D eigenvalue weighted by molar-refractivity contribution is -0.116. The summed E-state index contributed by atoms with van der Waals surface area (Å²) in [5.74, 6) is -0.0543. The number of aromatic nitrogens is 4. The van der Waals surface area contributed by atoms with E-state index >= 15 is 0 Å². The van der Waals surface area contributed by atoms with Crippen LogP contribution in [-0.4, -0.2) is 25.8 Å². The standard InChI is InChI=1S/C16H17N5O3/c1-2-3-4-5-12(22)17-9-6-7-10-11(8-9)19-14-13(18-10)15(23)21-16(24)20-14/h6-8H,2-5H2,1H3,(H,17,22)(H2,19,20,21,23,24). The number of nitrogens with one attached hydrogen (secondary N) is 3. The Hall–Kier alpha value is -3.03. The summed E-state index contributed by atoms with van der Waals surface area (Å²) < 4.78 is 0. The van der Waals surface area contributed by atoms with Gasteiger partial charge >= 0.3 is 5.69 Å². The third-order valence-corrected chi connectivity index (χ3v) is 3.63. The number of hydrogen-bond acceptors (Lipinski definition) is 5. The van der Waals surface area contributed by atoms with Gasteiger partial charge in [-0.15, -0.1) is 0 Å². The number of aromatic amines is 2. The van der Waals surface area contributed by atoms with Gasteiger partial charge in [-0.25, -0.2) is 14.8 Å². The third kappa shape index (κ3) is 3.32. The molecule has 0 fully saturated rings. The molecule has 0 aliphatic rings. The van der Waals surface area contributed by atoms with E-state index in [-0.39, 0.29) is 17.1 Å². The summed E-state index contributed by atoms with van der Waals surface area (Å²) in [6.07, 6.45) is 3.40. The van der Waals surface area contributed by atoms with Crippen molar-refractivity contribution in [1.82, 2.24) is 19.9 Å². The second kappa shape index (κ2) is 6.61. The highest BCUT2D eigenvalue weighted by Gasteiger charge is 2.08. The van der Waals surface area contributed by atoms with E-state index in [0.717, 1.165) is 19.3 Å². The van der Waals surface area contributed by atoms with Gasteiger partial charge in [0.05, 0.1) is 11.0 Å². The fraction of sp³-hybridized carbons (Fsp3) is 0.312. The number of nitrogens with zero attached hydrogens (tertiary/aromatic N) is 2. The smallest absolute Gasteiger partial charge is 0.326 e. The van der Waals surface area contributed by atoms with Gasteiger partial charge in [0.1, 0.15) is 0 Å². The normalized spacial score (nSPS) is 11.0. The molecule has 0 spiro atoms. The van der Waals surface area contributed by atoms with Gasteiger partial charge in [-0.3, -0.25) is 19.6 Å². The number of anilines is 1. The van der Waals surface area contributed by atoms with Crippen LogP contribution >= 0.6 is 0 Å². The zero-order chi connectivity index (χ0) is 17.1. The maximum absolute atomic E-state index is 11.9. The molecule has 3 rings (SSSR count). The number of carbonyl (C=O) groups is 1. The Morgan fingerprint density at radius 3 is 2.75 bits per heavy atom. The Morgan fingerprint density at radius 1 is 1.12 bits per heavy atom. The number of H-pyrrole nitrogens is 2. The summed E-state index contributed by atoms with van der Waals surface area (Å²) in [5, 5.41) is 2.82. The van der Waals surface area contributed by atoms with E-state index < -0.39 is 11.2 Å². The molecular formula is C16H17N5O3. The third-order valence-electron chi connectivity index (χ3n) is 3.63. The number of hydrogen-bond donors (Lipinski definition) is 3. The number of unbranched alkanes of at least 4 members (excludes halogenated alkanes) is 2. The quantitative estimate of drug-likeness (QED) is 0.486. The highest BCUT2D eigenvalue weighted by molar-refractivity contribution is 5.93. The minimum absolute atomic E-state index is 0.0543. The first-order chi connectivity index (χ1) is 11.6. The van der Waals surface area contributed by atoms with Crippen LogP contribution in [0.25, 0.3) is 22.2 Å². The van der Waals surface area contributed by atoms with Crippen molar-refractivity contribution in [3.05, 3.63) is 39.0 Å². The number of carbonyl (C=O) groups excluding carboxylic acids is 1. The molecule has 0 radical (unpaired) electrons.